The summed E-state index contributed by atoms with van der Waals surface area (Å²) in [5.41, 5.74) is 0. The van der Waals surface area contributed by atoms with Gasteiger partial charge in [0.2, 0.25) is 0 Å². The molecule has 0 saturated heterocycles. The lowest BCUT2D eigenvalue weighted by Crippen LogP contribution is -1.93. The minimum absolute atomic E-state index is 0.341. The highest BCUT2D eigenvalue weighted by atomic mass is 32.1. The van der Waals surface area contributed by atoms with E-state index in [1.54, 1.807) is 0 Å². The molecule has 0 aromatic heterocycles. The summed E-state index contributed by atoms with van der Waals surface area (Å²) in [6.45, 7) is 1.96. The monoisotopic (exact) mass is 103 g/mol. The first-order valence-electron chi connectivity index (χ1n) is 1.92. The second-order valence-electron chi connectivity index (χ2n) is 1.33. The van der Waals surface area contributed by atoms with Crippen molar-refractivity contribution in [1.29, 1.82) is 5.41 Å². The van der Waals surface area contributed by atoms with Crippen molar-refractivity contribution in [3.8, 4) is 0 Å². The number of hydrogen-bond donors (Lipinski definition) is 2. The maximum Gasteiger partial charge on any atom is -0.000501 e. The summed E-state index contributed by atoms with van der Waals surface area (Å²) in [5.74, 6) is 1.12. The summed E-state index contributed by atoms with van der Waals surface area (Å²) >= 11 is 3.94. The third-order valence-electron chi connectivity index (χ3n) is 0.573. The molecule has 1 unspecified atom stereocenters. The Hall–Kier alpha value is 0.0200. The van der Waals surface area contributed by atoms with E-state index in [0.717, 1.165) is 5.75 Å². The van der Waals surface area contributed by atoms with Gasteiger partial charge in [0.1, 0.15) is 0 Å². The molecule has 0 aliphatic heterocycles. The SMILES string of the molecule is CC(C=N)CS. The number of nitrogens with one attached hydrogen (secondary N) is 1. The van der Waals surface area contributed by atoms with Crippen molar-refractivity contribution in [2.45, 2.75) is 6.92 Å². The van der Waals surface area contributed by atoms with Gasteiger partial charge in [0.15, 0.2) is 0 Å². The topological polar surface area (TPSA) is 23.9 Å². The molecular formula is C4H9NS. The molecular weight excluding hydrogens is 94.1 g/mol. The Morgan fingerprint density at radius 2 is 2.50 bits per heavy atom. The van der Waals surface area contributed by atoms with Gasteiger partial charge in [-0.1, -0.05) is 6.92 Å². The van der Waals surface area contributed by atoms with Crippen molar-refractivity contribution in [1.82, 2.24) is 0 Å². The van der Waals surface area contributed by atoms with Crippen molar-refractivity contribution in [2.24, 2.45) is 5.92 Å². The Balaban J connectivity index is 2.96. The number of hydrogen-bond acceptors (Lipinski definition) is 2. The molecule has 1 nitrogen and oxygen atoms in total. The maximum absolute atomic E-state index is 6.63. The predicted octanol–water partition coefficient (Wildman–Crippen LogP) is 1.20. The Morgan fingerprint density at radius 3 is 2.50 bits per heavy atom. The smallest absolute Gasteiger partial charge is 0.000501 e. The van der Waals surface area contributed by atoms with E-state index in [1.165, 1.54) is 6.21 Å². The van der Waals surface area contributed by atoms with Crippen LogP contribution in [-0.4, -0.2) is 12.0 Å². The lowest BCUT2D eigenvalue weighted by atomic mass is 10.2. The average molecular weight is 103 g/mol. The Bertz CT molecular complexity index is 44.8. The van der Waals surface area contributed by atoms with Gasteiger partial charge in [-0.25, -0.2) is 0 Å². The Morgan fingerprint density at radius 1 is 2.00 bits per heavy atom. The summed E-state index contributed by atoms with van der Waals surface area (Å²) in [4.78, 5) is 0. The third kappa shape index (κ3) is 2.27. The van der Waals surface area contributed by atoms with Gasteiger partial charge in [-0.05, 0) is 17.9 Å². The molecule has 0 aromatic carbocycles. The predicted molar refractivity (Wildman–Crippen MR) is 31.8 cm³/mol. The zero-order chi connectivity index (χ0) is 4.99. The van der Waals surface area contributed by atoms with Crippen molar-refractivity contribution < 1.29 is 0 Å². The fraction of sp³-hybridized carbons (Fsp3) is 0.750. The van der Waals surface area contributed by atoms with E-state index >= 15 is 0 Å². The largest absolute Gasteiger partial charge is 0.313 e. The molecule has 0 saturated carbocycles. The van der Waals surface area contributed by atoms with Crippen LogP contribution in [0.1, 0.15) is 6.92 Å². The van der Waals surface area contributed by atoms with Crippen LogP contribution in [0.25, 0.3) is 0 Å². The highest BCUT2D eigenvalue weighted by Crippen LogP contribution is 1.89. The highest BCUT2D eigenvalue weighted by molar-refractivity contribution is 7.80. The lowest BCUT2D eigenvalue weighted by molar-refractivity contribution is 0.921. The number of thiol groups is 1. The van der Waals surface area contributed by atoms with Crippen molar-refractivity contribution in [3.05, 3.63) is 0 Å². The highest BCUT2D eigenvalue weighted by Gasteiger charge is 1.86. The summed E-state index contributed by atoms with van der Waals surface area (Å²) in [5, 5.41) is 6.63. The van der Waals surface area contributed by atoms with E-state index < -0.39 is 0 Å². The van der Waals surface area contributed by atoms with Crippen LogP contribution >= 0.6 is 12.6 Å². The summed E-state index contributed by atoms with van der Waals surface area (Å²) in [6, 6.07) is 0. The van der Waals surface area contributed by atoms with Gasteiger partial charge in [-0.15, -0.1) is 0 Å². The van der Waals surface area contributed by atoms with E-state index in [-0.39, 0.29) is 0 Å². The molecule has 0 rings (SSSR count). The van der Waals surface area contributed by atoms with Gasteiger partial charge in [-0.2, -0.15) is 12.6 Å². The van der Waals surface area contributed by atoms with E-state index in [1.807, 2.05) is 6.92 Å². The quantitative estimate of drug-likeness (QED) is 0.387. The molecule has 0 amide bonds. The zero-order valence-electron chi connectivity index (χ0n) is 3.81. The van der Waals surface area contributed by atoms with Crippen molar-refractivity contribution in [2.75, 3.05) is 5.75 Å². The second kappa shape index (κ2) is 3.22. The molecule has 36 valence electrons. The van der Waals surface area contributed by atoms with Crippen LogP contribution in [-0.2, 0) is 0 Å². The molecule has 0 aliphatic carbocycles. The van der Waals surface area contributed by atoms with Gasteiger partial charge in [-0.3, -0.25) is 0 Å². The molecule has 2 heteroatoms. The first-order valence-corrected chi connectivity index (χ1v) is 2.56. The average Bonchev–Trinajstić information content (AvgIpc) is 1.65. The van der Waals surface area contributed by atoms with Crippen LogP contribution in [0.4, 0.5) is 0 Å². The molecule has 0 aromatic rings. The molecule has 0 radical (unpaired) electrons. The normalized spacial score (nSPS) is 13.7. The van der Waals surface area contributed by atoms with Crippen LogP contribution in [0, 0.1) is 11.3 Å². The van der Waals surface area contributed by atoms with Gasteiger partial charge < -0.3 is 5.41 Å². The molecule has 1 atom stereocenters. The van der Waals surface area contributed by atoms with Gasteiger partial charge in [0.25, 0.3) is 0 Å². The molecule has 1 N–H and O–H groups in total. The third-order valence-corrected chi connectivity index (χ3v) is 1.15. The standard InChI is InChI=1S/C4H9NS/c1-4(2-5)3-6/h2,4-6H,3H2,1H3. The molecule has 0 spiro atoms. The Kier molecular flexibility index (Phi) is 3.23. The first-order chi connectivity index (χ1) is 2.81. The van der Waals surface area contributed by atoms with Crippen LogP contribution in [0.2, 0.25) is 0 Å². The Labute approximate surface area is 43.7 Å². The van der Waals surface area contributed by atoms with Crippen LogP contribution in [0.5, 0.6) is 0 Å². The van der Waals surface area contributed by atoms with E-state index in [4.69, 9.17) is 5.41 Å². The fourth-order valence-electron chi connectivity index (χ4n) is 0.0527. The van der Waals surface area contributed by atoms with E-state index in [0.29, 0.717) is 5.92 Å². The van der Waals surface area contributed by atoms with Crippen molar-refractivity contribution >= 4 is 18.8 Å². The number of rotatable bonds is 2. The molecule has 0 heterocycles. The second-order valence-corrected chi connectivity index (χ2v) is 1.69. The van der Waals surface area contributed by atoms with Gasteiger partial charge in [0.05, 0.1) is 0 Å². The maximum atomic E-state index is 6.63. The van der Waals surface area contributed by atoms with Crippen LogP contribution in [0.15, 0.2) is 0 Å². The minimum Gasteiger partial charge on any atom is -0.313 e. The van der Waals surface area contributed by atoms with Crippen molar-refractivity contribution in [3.63, 3.8) is 0 Å². The summed E-state index contributed by atoms with van der Waals surface area (Å²) in [6.07, 6.45) is 1.40. The zero-order valence-corrected chi connectivity index (χ0v) is 4.70. The molecule has 0 fully saturated rings. The lowest BCUT2D eigenvalue weighted by Gasteiger charge is -1.91. The van der Waals surface area contributed by atoms with Gasteiger partial charge >= 0.3 is 0 Å². The molecule has 0 aliphatic rings. The molecule has 0 bridgehead atoms. The van der Waals surface area contributed by atoms with E-state index in [9.17, 15) is 0 Å². The van der Waals surface area contributed by atoms with Gasteiger partial charge in [0, 0.05) is 0 Å². The van der Waals surface area contributed by atoms with Crippen LogP contribution in [0.3, 0.4) is 0 Å². The molecule has 6 heavy (non-hydrogen) atoms. The fourth-order valence-corrected chi connectivity index (χ4v) is 0.158. The summed E-state index contributed by atoms with van der Waals surface area (Å²) in [7, 11) is 0. The first kappa shape index (κ1) is 6.02. The van der Waals surface area contributed by atoms with E-state index in [2.05, 4.69) is 12.6 Å². The minimum atomic E-state index is 0.341. The summed E-state index contributed by atoms with van der Waals surface area (Å²) < 4.78 is 0. The van der Waals surface area contributed by atoms with Crippen LogP contribution < -0.4 is 0 Å².